The van der Waals surface area contributed by atoms with Crippen LogP contribution in [0.15, 0.2) is 24.3 Å². The third-order valence-corrected chi connectivity index (χ3v) is 3.06. The predicted molar refractivity (Wildman–Crippen MR) is 62.2 cm³/mol. The Morgan fingerprint density at radius 3 is 2.67 bits per heavy atom. The Morgan fingerprint density at radius 1 is 1.06 bits per heavy atom. The van der Waals surface area contributed by atoms with Crippen molar-refractivity contribution in [2.45, 2.75) is 6.92 Å². The minimum Gasteiger partial charge on any atom is -0.287 e. The van der Waals surface area contributed by atoms with Gasteiger partial charge in [-0.1, -0.05) is 24.3 Å². The van der Waals surface area contributed by atoms with Gasteiger partial charge in [-0.25, -0.2) is 4.98 Å². The van der Waals surface area contributed by atoms with Crippen molar-refractivity contribution in [1.29, 1.82) is 0 Å². The summed E-state index contributed by atoms with van der Waals surface area (Å²) in [5.74, 6) is 0.904. The van der Waals surface area contributed by atoms with Gasteiger partial charge in [0.05, 0.1) is 0 Å². The average molecular weight is 237 g/mol. The third-order valence-electron chi connectivity index (χ3n) is 3.06. The van der Waals surface area contributed by atoms with Crippen LogP contribution < -0.4 is 0 Å². The zero-order valence-electron chi connectivity index (χ0n) is 9.45. The van der Waals surface area contributed by atoms with Crippen molar-refractivity contribution in [1.82, 2.24) is 24.8 Å². The van der Waals surface area contributed by atoms with Crippen LogP contribution in [0.25, 0.3) is 17.0 Å². The second-order valence-electron chi connectivity index (χ2n) is 4.14. The Hall–Kier alpha value is -2.63. The van der Waals surface area contributed by atoms with Crippen LogP contribution in [0.5, 0.6) is 0 Å². The van der Waals surface area contributed by atoms with Gasteiger partial charge >= 0.3 is 0 Å². The minimum absolute atomic E-state index is 0.101. The number of rotatable bonds is 0. The number of fused-ring (bicyclic) bond motifs is 4. The lowest BCUT2D eigenvalue weighted by Gasteiger charge is -1.98. The summed E-state index contributed by atoms with van der Waals surface area (Å²) in [6.45, 7) is 1.80. The normalized spacial score (nSPS) is 12.8. The second-order valence-corrected chi connectivity index (χ2v) is 4.14. The molecular weight excluding hydrogens is 230 g/mol. The maximum absolute atomic E-state index is 12.2. The zero-order valence-corrected chi connectivity index (χ0v) is 9.45. The van der Waals surface area contributed by atoms with Crippen LogP contribution in [0, 0.1) is 6.92 Å². The first kappa shape index (κ1) is 9.41. The van der Waals surface area contributed by atoms with E-state index in [0.717, 1.165) is 5.56 Å². The fraction of sp³-hybridized carbons (Fsp3) is 0.0833. The van der Waals surface area contributed by atoms with Gasteiger partial charge in [-0.2, -0.15) is 9.61 Å². The maximum atomic E-state index is 12.2. The van der Waals surface area contributed by atoms with Gasteiger partial charge in [-0.3, -0.25) is 4.79 Å². The molecule has 0 aliphatic heterocycles. The van der Waals surface area contributed by atoms with Crippen LogP contribution in [-0.4, -0.2) is 30.6 Å². The summed E-state index contributed by atoms with van der Waals surface area (Å²) >= 11 is 0. The standard InChI is InChI=1S/C12H7N5O/c1-6-14-15-12-13-10-9(16-17(6)12)7-4-2-3-5-8(7)11(10)18/h2-5H,1H3. The molecule has 0 fully saturated rings. The molecule has 1 aliphatic rings. The highest BCUT2D eigenvalue weighted by Crippen LogP contribution is 2.33. The molecule has 0 radical (unpaired) electrons. The molecule has 0 bridgehead atoms. The molecule has 4 rings (SSSR count). The Bertz CT molecular complexity index is 820. The molecule has 0 amide bonds. The fourth-order valence-electron chi connectivity index (χ4n) is 2.19. The number of carbonyl (C=O) groups excluding carboxylic acids is 1. The van der Waals surface area contributed by atoms with E-state index in [1.807, 2.05) is 18.2 Å². The quantitative estimate of drug-likeness (QED) is 0.457. The highest BCUT2D eigenvalue weighted by Gasteiger charge is 2.30. The van der Waals surface area contributed by atoms with Crippen molar-refractivity contribution in [3.8, 4) is 11.3 Å². The van der Waals surface area contributed by atoms with Crippen LogP contribution in [-0.2, 0) is 0 Å². The molecule has 6 nitrogen and oxygen atoms in total. The SMILES string of the molecule is Cc1nnc2nc3c(nn12)-c1ccccc1C3=O. The molecule has 0 N–H and O–H groups in total. The highest BCUT2D eigenvalue weighted by atomic mass is 16.1. The van der Waals surface area contributed by atoms with Crippen LogP contribution >= 0.6 is 0 Å². The van der Waals surface area contributed by atoms with E-state index in [4.69, 9.17) is 0 Å². The molecule has 2 aromatic heterocycles. The van der Waals surface area contributed by atoms with E-state index in [1.165, 1.54) is 0 Å². The summed E-state index contributed by atoms with van der Waals surface area (Å²) in [5.41, 5.74) is 2.42. The summed E-state index contributed by atoms with van der Waals surface area (Å²) < 4.78 is 1.55. The summed E-state index contributed by atoms with van der Waals surface area (Å²) in [7, 11) is 0. The summed E-state index contributed by atoms with van der Waals surface area (Å²) in [5, 5.41) is 12.2. The lowest BCUT2D eigenvalue weighted by Crippen LogP contribution is -2.04. The van der Waals surface area contributed by atoms with Crippen molar-refractivity contribution in [3.05, 3.63) is 41.3 Å². The molecule has 86 valence electrons. The van der Waals surface area contributed by atoms with E-state index in [2.05, 4.69) is 20.3 Å². The largest absolute Gasteiger partial charge is 0.287 e. The van der Waals surface area contributed by atoms with Gasteiger partial charge in [-0.15, -0.1) is 10.2 Å². The minimum atomic E-state index is -0.101. The first-order chi connectivity index (χ1) is 8.75. The Labute approximate surface area is 101 Å². The van der Waals surface area contributed by atoms with Crippen molar-refractivity contribution in [2.75, 3.05) is 0 Å². The number of aromatic nitrogens is 5. The Kier molecular flexibility index (Phi) is 1.56. The van der Waals surface area contributed by atoms with Gasteiger partial charge in [0.2, 0.25) is 5.78 Å². The summed E-state index contributed by atoms with van der Waals surface area (Å²) in [4.78, 5) is 16.4. The van der Waals surface area contributed by atoms with E-state index < -0.39 is 0 Å². The lowest BCUT2D eigenvalue weighted by molar-refractivity contribution is 0.103. The molecule has 2 heterocycles. The molecule has 1 aromatic carbocycles. The lowest BCUT2D eigenvalue weighted by atomic mass is 10.1. The summed E-state index contributed by atoms with van der Waals surface area (Å²) in [6.07, 6.45) is 0. The molecular formula is C12H7N5O. The molecule has 0 spiro atoms. The van der Waals surface area contributed by atoms with Crippen molar-refractivity contribution in [2.24, 2.45) is 0 Å². The van der Waals surface area contributed by atoms with Gasteiger partial charge in [0, 0.05) is 11.1 Å². The molecule has 6 heteroatoms. The van der Waals surface area contributed by atoms with Crippen molar-refractivity contribution in [3.63, 3.8) is 0 Å². The fourth-order valence-corrected chi connectivity index (χ4v) is 2.19. The molecule has 0 atom stereocenters. The predicted octanol–water partition coefficient (Wildman–Crippen LogP) is 1.04. The third kappa shape index (κ3) is 0.994. The number of hydrogen-bond donors (Lipinski definition) is 0. The van der Waals surface area contributed by atoms with Crippen molar-refractivity contribution >= 4 is 11.6 Å². The van der Waals surface area contributed by atoms with Crippen LogP contribution in [0.3, 0.4) is 0 Å². The van der Waals surface area contributed by atoms with Gasteiger partial charge in [0.1, 0.15) is 11.4 Å². The first-order valence-electron chi connectivity index (χ1n) is 5.50. The van der Waals surface area contributed by atoms with E-state index in [9.17, 15) is 4.79 Å². The van der Waals surface area contributed by atoms with Gasteiger partial charge < -0.3 is 0 Å². The van der Waals surface area contributed by atoms with E-state index in [1.54, 1.807) is 17.5 Å². The second kappa shape index (κ2) is 2.98. The highest BCUT2D eigenvalue weighted by molar-refractivity contribution is 6.19. The van der Waals surface area contributed by atoms with Crippen LogP contribution in [0.1, 0.15) is 21.9 Å². The van der Waals surface area contributed by atoms with Crippen LogP contribution in [0.2, 0.25) is 0 Å². The molecule has 3 aromatic rings. The average Bonchev–Trinajstić information content (AvgIpc) is 2.90. The summed E-state index contributed by atoms with van der Waals surface area (Å²) in [6, 6.07) is 7.38. The van der Waals surface area contributed by atoms with Gasteiger partial charge in [0.25, 0.3) is 5.78 Å². The number of nitrogens with zero attached hydrogens (tertiary/aromatic N) is 5. The molecule has 1 aliphatic carbocycles. The molecule has 0 saturated carbocycles. The Morgan fingerprint density at radius 2 is 1.83 bits per heavy atom. The Balaban J connectivity index is 2.15. The smallest absolute Gasteiger partial charge is 0.272 e. The zero-order chi connectivity index (χ0) is 12.3. The molecule has 0 saturated heterocycles. The number of carbonyl (C=O) groups is 1. The molecule has 0 unspecified atom stereocenters. The van der Waals surface area contributed by atoms with E-state index >= 15 is 0 Å². The number of benzene rings is 1. The number of hydrogen-bond acceptors (Lipinski definition) is 5. The van der Waals surface area contributed by atoms with Gasteiger partial charge in [-0.05, 0) is 6.92 Å². The first-order valence-corrected chi connectivity index (χ1v) is 5.50. The number of ketones is 1. The monoisotopic (exact) mass is 237 g/mol. The van der Waals surface area contributed by atoms with Gasteiger partial charge in [0.15, 0.2) is 5.82 Å². The number of aryl methyl sites for hydroxylation is 1. The topological polar surface area (TPSA) is 73.0 Å². The maximum Gasteiger partial charge on any atom is 0.272 e. The van der Waals surface area contributed by atoms with E-state index in [0.29, 0.717) is 28.6 Å². The van der Waals surface area contributed by atoms with Crippen LogP contribution in [0.4, 0.5) is 0 Å². The molecule has 18 heavy (non-hydrogen) atoms. The van der Waals surface area contributed by atoms with Crippen molar-refractivity contribution < 1.29 is 4.79 Å². The van der Waals surface area contributed by atoms with E-state index in [-0.39, 0.29) is 5.78 Å².